The van der Waals surface area contributed by atoms with E-state index in [2.05, 4.69) is 0 Å². The van der Waals surface area contributed by atoms with Gasteiger partial charge in [0.1, 0.15) is 11.8 Å². The zero-order valence-electron chi connectivity index (χ0n) is 11.3. The van der Waals surface area contributed by atoms with Gasteiger partial charge in [0, 0.05) is 11.6 Å². The number of ether oxygens (including phenoxy) is 1. The van der Waals surface area contributed by atoms with Gasteiger partial charge in [-0.2, -0.15) is 0 Å². The maximum Gasteiger partial charge on any atom is 0.326 e. The van der Waals surface area contributed by atoms with E-state index < -0.39 is 12.0 Å². The molecule has 0 aromatic heterocycles. The van der Waals surface area contributed by atoms with Crippen LogP contribution >= 0.6 is 11.6 Å². The fourth-order valence-corrected chi connectivity index (χ4v) is 2.73. The zero-order chi connectivity index (χ0) is 14.9. The van der Waals surface area contributed by atoms with Crippen LogP contribution in [0.25, 0.3) is 0 Å². The van der Waals surface area contributed by atoms with E-state index in [9.17, 15) is 14.7 Å². The van der Waals surface area contributed by atoms with E-state index in [1.807, 2.05) is 6.92 Å². The Morgan fingerprint density at radius 2 is 2.15 bits per heavy atom. The minimum absolute atomic E-state index is 0.0679. The van der Waals surface area contributed by atoms with Crippen LogP contribution in [-0.4, -0.2) is 41.6 Å². The Morgan fingerprint density at radius 1 is 1.45 bits per heavy atom. The minimum Gasteiger partial charge on any atom is -0.496 e. The molecule has 1 amide bonds. The summed E-state index contributed by atoms with van der Waals surface area (Å²) in [6.07, 6.45) is 0.672. The molecule has 20 heavy (non-hydrogen) atoms. The molecule has 1 aliphatic heterocycles. The number of likely N-dealkylation sites (tertiary alicyclic amines) is 1. The fraction of sp³-hybridized carbons (Fsp3) is 0.429. The van der Waals surface area contributed by atoms with Crippen molar-refractivity contribution in [3.63, 3.8) is 0 Å². The van der Waals surface area contributed by atoms with Crippen LogP contribution in [0, 0.1) is 5.92 Å². The van der Waals surface area contributed by atoms with Gasteiger partial charge in [0.2, 0.25) is 0 Å². The second-order valence-electron chi connectivity index (χ2n) is 4.89. The van der Waals surface area contributed by atoms with Gasteiger partial charge in [-0.05, 0) is 30.5 Å². The maximum absolute atomic E-state index is 12.6. The number of carboxylic acid groups (broad SMARTS) is 1. The van der Waals surface area contributed by atoms with Crippen LogP contribution in [0.5, 0.6) is 5.75 Å². The quantitative estimate of drug-likeness (QED) is 0.929. The van der Waals surface area contributed by atoms with Gasteiger partial charge >= 0.3 is 5.97 Å². The molecule has 0 saturated carbocycles. The SMILES string of the molecule is COc1ccc(Cl)cc1C(=O)N1CCC(C)C1C(=O)O. The standard InChI is InChI=1S/C14H16ClNO4/c1-8-5-6-16(12(8)14(18)19)13(17)10-7-9(15)3-4-11(10)20-2/h3-4,7-8,12H,5-6H2,1-2H3,(H,18,19). The Labute approximate surface area is 122 Å². The van der Waals surface area contributed by atoms with Crippen LogP contribution in [-0.2, 0) is 4.79 Å². The van der Waals surface area contributed by atoms with Crippen LogP contribution in [0.1, 0.15) is 23.7 Å². The number of carbonyl (C=O) groups is 2. The molecule has 0 bridgehead atoms. The van der Waals surface area contributed by atoms with Gasteiger partial charge in [0.15, 0.2) is 0 Å². The number of nitrogens with zero attached hydrogens (tertiary/aromatic N) is 1. The average Bonchev–Trinajstić information content (AvgIpc) is 2.79. The molecule has 6 heteroatoms. The summed E-state index contributed by atoms with van der Waals surface area (Å²) in [5, 5.41) is 9.69. The number of hydrogen-bond donors (Lipinski definition) is 1. The number of methoxy groups -OCH3 is 1. The number of carboxylic acids is 1. The van der Waals surface area contributed by atoms with Crippen molar-refractivity contribution in [2.45, 2.75) is 19.4 Å². The summed E-state index contributed by atoms with van der Waals surface area (Å²) < 4.78 is 5.15. The molecule has 1 N–H and O–H groups in total. The van der Waals surface area contributed by atoms with Crippen molar-refractivity contribution in [1.82, 2.24) is 4.90 Å². The molecular weight excluding hydrogens is 282 g/mol. The Hall–Kier alpha value is -1.75. The van der Waals surface area contributed by atoms with Crippen molar-refractivity contribution in [3.05, 3.63) is 28.8 Å². The fourth-order valence-electron chi connectivity index (χ4n) is 2.55. The van der Waals surface area contributed by atoms with Gasteiger partial charge in [0.25, 0.3) is 5.91 Å². The highest BCUT2D eigenvalue weighted by atomic mass is 35.5. The number of amides is 1. The highest BCUT2D eigenvalue weighted by Crippen LogP contribution is 2.30. The van der Waals surface area contributed by atoms with E-state index in [-0.39, 0.29) is 11.8 Å². The molecule has 0 aliphatic carbocycles. The molecule has 1 aromatic rings. The minimum atomic E-state index is -0.982. The van der Waals surface area contributed by atoms with Crippen molar-refractivity contribution < 1.29 is 19.4 Å². The summed E-state index contributed by atoms with van der Waals surface area (Å²) in [7, 11) is 1.46. The van der Waals surface area contributed by atoms with Gasteiger partial charge < -0.3 is 14.7 Å². The summed E-state index contributed by atoms with van der Waals surface area (Å²) >= 11 is 5.91. The number of rotatable bonds is 3. The van der Waals surface area contributed by atoms with Crippen molar-refractivity contribution >= 4 is 23.5 Å². The first-order chi connectivity index (χ1) is 9.45. The van der Waals surface area contributed by atoms with Crippen LogP contribution in [0.4, 0.5) is 0 Å². The summed E-state index contributed by atoms with van der Waals surface area (Å²) in [4.78, 5) is 25.3. The monoisotopic (exact) mass is 297 g/mol. The average molecular weight is 298 g/mol. The first-order valence-corrected chi connectivity index (χ1v) is 6.70. The summed E-state index contributed by atoms with van der Waals surface area (Å²) in [5.41, 5.74) is 0.292. The van der Waals surface area contributed by atoms with Crippen LogP contribution in [0.2, 0.25) is 5.02 Å². The second-order valence-corrected chi connectivity index (χ2v) is 5.33. The lowest BCUT2D eigenvalue weighted by Crippen LogP contribution is -2.42. The molecule has 1 aliphatic rings. The molecule has 1 saturated heterocycles. The Balaban J connectivity index is 2.36. The molecule has 1 fully saturated rings. The van der Waals surface area contributed by atoms with Gasteiger partial charge in [-0.3, -0.25) is 4.79 Å². The molecule has 1 heterocycles. The first kappa shape index (κ1) is 14.7. The van der Waals surface area contributed by atoms with Crippen molar-refractivity contribution in [2.75, 3.05) is 13.7 Å². The van der Waals surface area contributed by atoms with Crippen LogP contribution in [0.15, 0.2) is 18.2 Å². The lowest BCUT2D eigenvalue weighted by atomic mass is 10.0. The number of benzene rings is 1. The van der Waals surface area contributed by atoms with Crippen molar-refractivity contribution in [3.8, 4) is 5.75 Å². The third-order valence-corrected chi connectivity index (χ3v) is 3.84. The number of carbonyl (C=O) groups excluding carboxylic acids is 1. The molecule has 0 radical (unpaired) electrons. The molecule has 108 valence electrons. The van der Waals surface area contributed by atoms with E-state index in [1.54, 1.807) is 12.1 Å². The zero-order valence-corrected chi connectivity index (χ0v) is 12.1. The van der Waals surface area contributed by atoms with Crippen LogP contribution in [0.3, 0.4) is 0 Å². The third-order valence-electron chi connectivity index (χ3n) is 3.61. The van der Waals surface area contributed by atoms with E-state index in [0.717, 1.165) is 0 Å². The third kappa shape index (κ3) is 2.58. The number of hydrogen-bond acceptors (Lipinski definition) is 3. The van der Waals surface area contributed by atoms with E-state index >= 15 is 0 Å². The highest BCUT2D eigenvalue weighted by molar-refractivity contribution is 6.31. The Kier molecular flexibility index (Phi) is 4.18. The summed E-state index contributed by atoms with van der Waals surface area (Å²) in [6, 6.07) is 3.93. The molecular formula is C14H16ClNO4. The van der Waals surface area contributed by atoms with E-state index in [4.69, 9.17) is 16.3 Å². The highest BCUT2D eigenvalue weighted by Gasteiger charge is 2.40. The largest absolute Gasteiger partial charge is 0.496 e. The van der Waals surface area contributed by atoms with Gasteiger partial charge in [-0.25, -0.2) is 4.79 Å². The maximum atomic E-state index is 12.6. The lowest BCUT2D eigenvalue weighted by molar-refractivity contribution is -0.142. The predicted molar refractivity (Wildman–Crippen MR) is 74.2 cm³/mol. The molecule has 2 unspecified atom stereocenters. The van der Waals surface area contributed by atoms with E-state index in [0.29, 0.717) is 29.3 Å². The Bertz CT molecular complexity index is 546. The summed E-state index contributed by atoms with van der Waals surface area (Å²) in [5.74, 6) is -1.02. The first-order valence-electron chi connectivity index (χ1n) is 6.33. The summed E-state index contributed by atoms with van der Waals surface area (Å²) in [6.45, 7) is 2.26. The van der Waals surface area contributed by atoms with E-state index in [1.165, 1.54) is 18.1 Å². The normalized spacial score (nSPS) is 21.9. The van der Waals surface area contributed by atoms with Crippen molar-refractivity contribution in [1.29, 1.82) is 0 Å². The van der Waals surface area contributed by atoms with Gasteiger partial charge in [-0.1, -0.05) is 18.5 Å². The molecule has 2 rings (SSSR count). The molecule has 5 nitrogen and oxygen atoms in total. The van der Waals surface area contributed by atoms with Gasteiger partial charge in [0.05, 0.1) is 12.7 Å². The molecule has 1 aromatic carbocycles. The lowest BCUT2D eigenvalue weighted by Gasteiger charge is -2.24. The second kappa shape index (κ2) is 5.71. The van der Waals surface area contributed by atoms with Crippen LogP contribution < -0.4 is 4.74 Å². The molecule has 0 spiro atoms. The van der Waals surface area contributed by atoms with Gasteiger partial charge in [-0.15, -0.1) is 0 Å². The Morgan fingerprint density at radius 3 is 2.75 bits per heavy atom. The number of aliphatic carboxylic acids is 1. The predicted octanol–water partition coefficient (Wildman–Crippen LogP) is 2.28. The molecule has 2 atom stereocenters. The number of halogens is 1. The van der Waals surface area contributed by atoms with Crippen molar-refractivity contribution in [2.24, 2.45) is 5.92 Å². The smallest absolute Gasteiger partial charge is 0.326 e. The topological polar surface area (TPSA) is 66.8 Å².